The fourth-order valence-electron chi connectivity index (χ4n) is 4.41. The van der Waals surface area contributed by atoms with Crippen molar-refractivity contribution in [3.63, 3.8) is 0 Å². The Balaban J connectivity index is 1.15. The number of rotatable bonds is 9. The fourth-order valence-corrected chi connectivity index (χ4v) is 4.41. The first-order valence-electron chi connectivity index (χ1n) is 11.8. The van der Waals surface area contributed by atoms with Crippen LogP contribution in [0, 0.1) is 0 Å². The summed E-state index contributed by atoms with van der Waals surface area (Å²) in [5, 5.41) is 2.91. The lowest BCUT2D eigenvalue weighted by Crippen LogP contribution is -2.44. The average Bonchev–Trinajstić information content (AvgIpc) is 2.84. The van der Waals surface area contributed by atoms with Gasteiger partial charge >= 0.3 is 0 Å². The third kappa shape index (κ3) is 6.16. The molecular formula is C26H34N2O4. The molecule has 1 fully saturated rings. The molecule has 2 aromatic rings. The smallest absolute Gasteiger partial charge is 0.264 e. The molecule has 1 aliphatic carbocycles. The van der Waals surface area contributed by atoms with Gasteiger partial charge in [-0.3, -0.25) is 9.69 Å². The third-order valence-corrected chi connectivity index (χ3v) is 6.22. The molecule has 6 nitrogen and oxygen atoms in total. The molecule has 1 saturated carbocycles. The number of fused-ring (bicyclic) bond motifs is 1. The lowest BCUT2D eigenvalue weighted by atomic mass is 9.94. The second-order valence-electron chi connectivity index (χ2n) is 8.71. The van der Waals surface area contributed by atoms with Gasteiger partial charge < -0.3 is 19.5 Å². The maximum atomic E-state index is 12.4. The average molecular weight is 439 g/mol. The van der Waals surface area contributed by atoms with Gasteiger partial charge in [-0.25, -0.2) is 0 Å². The summed E-state index contributed by atoms with van der Waals surface area (Å²) < 4.78 is 17.3. The van der Waals surface area contributed by atoms with Crippen LogP contribution in [0.2, 0.25) is 0 Å². The molecule has 0 bridgehead atoms. The van der Waals surface area contributed by atoms with Crippen molar-refractivity contribution in [1.29, 1.82) is 0 Å². The Morgan fingerprint density at radius 1 is 1.09 bits per heavy atom. The Labute approximate surface area is 190 Å². The zero-order chi connectivity index (χ0) is 22.2. The third-order valence-electron chi connectivity index (χ3n) is 6.22. The summed E-state index contributed by atoms with van der Waals surface area (Å²) in [6, 6.07) is 16.4. The van der Waals surface area contributed by atoms with E-state index in [2.05, 4.69) is 35.5 Å². The SMILES string of the molecule is CN(Cc1cccc(OCCCNC(=O)[C@H]2COc3ccccc3O2)c1)C1CCCCC1. The zero-order valence-electron chi connectivity index (χ0n) is 18.9. The van der Waals surface area contributed by atoms with Gasteiger partial charge in [0.25, 0.3) is 5.91 Å². The molecule has 1 aliphatic heterocycles. The number of hydrogen-bond donors (Lipinski definition) is 1. The van der Waals surface area contributed by atoms with E-state index in [1.165, 1.54) is 37.7 Å². The quantitative estimate of drug-likeness (QED) is 0.596. The lowest BCUT2D eigenvalue weighted by Gasteiger charge is -2.31. The number of nitrogens with one attached hydrogen (secondary N) is 1. The Hall–Kier alpha value is -2.73. The monoisotopic (exact) mass is 438 g/mol. The van der Waals surface area contributed by atoms with E-state index in [1.54, 1.807) is 0 Å². The first-order valence-corrected chi connectivity index (χ1v) is 11.8. The molecule has 0 unspecified atom stereocenters. The molecule has 32 heavy (non-hydrogen) atoms. The van der Waals surface area contributed by atoms with Crippen LogP contribution in [0.4, 0.5) is 0 Å². The largest absolute Gasteiger partial charge is 0.494 e. The molecule has 2 aliphatic rings. The van der Waals surface area contributed by atoms with Gasteiger partial charge in [-0.15, -0.1) is 0 Å². The summed E-state index contributed by atoms with van der Waals surface area (Å²) in [6.07, 6.45) is 6.80. The van der Waals surface area contributed by atoms with Gasteiger partial charge in [-0.05, 0) is 56.1 Å². The number of carbonyl (C=O) groups is 1. The van der Waals surface area contributed by atoms with E-state index in [-0.39, 0.29) is 12.5 Å². The van der Waals surface area contributed by atoms with E-state index in [0.717, 1.165) is 18.7 Å². The molecule has 1 heterocycles. The molecule has 1 atom stereocenters. The summed E-state index contributed by atoms with van der Waals surface area (Å²) in [5.41, 5.74) is 1.28. The second-order valence-corrected chi connectivity index (χ2v) is 8.71. The highest BCUT2D eigenvalue weighted by atomic mass is 16.6. The van der Waals surface area contributed by atoms with E-state index >= 15 is 0 Å². The summed E-state index contributed by atoms with van der Waals surface area (Å²) in [7, 11) is 2.23. The minimum absolute atomic E-state index is 0.160. The van der Waals surface area contributed by atoms with E-state index < -0.39 is 6.10 Å². The highest BCUT2D eigenvalue weighted by molar-refractivity contribution is 5.81. The number of benzene rings is 2. The van der Waals surface area contributed by atoms with E-state index in [1.807, 2.05) is 30.3 Å². The number of ether oxygens (including phenoxy) is 3. The van der Waals surface area contributed by atoms with Crippen LogP contribution in [0.5, 0.6) is 17.2 Å². The molecule has 172 valence electrons. The molecule has 6 heteroatoms. The lowest BCUT2D eigenvalue weighted by molar-refractivity contribution is -0.130. The first-order chi connectivity index (χ1) is 15.7. The Morgan fingerprint density at radius 3 is 2.75 bits per heavy atom. The van der Waals surface area contributed by atoms with Crippen molar-refractivity contribution in [2.45, 2.75) is 57.2 Å². The van der Waals surface area contributed by atoms with Crippen LogP contribution in [0.25, 0.3) is 0 Å². The van der Waals surface area contributed by atoms with Crippen molar-refractivity contribution in [3.8, 4) is 17.2 Å². The van der Waals surface area contributed by atoms with E-state index in [9.17, 15) is 4.79 Å². The van der Waals surface area contributed by atoms with Crippen LogP contribution in [0.15, 0.2) is 48.5 Å². The van der Waals surface area contributed by atoms with Gasteiger partial charge in [0.1, 0.15) is 12.4 Å². The van der Waals surface area contributed by atoms with E-state index in [4.69, 9.17) is 14.2 Å². The van der Waals surface area contributed by atoms with Crippen LogP contribution < -0.4 is 19.5 Å². The van der Waals surface area contributed by atoms with Crippen molar-refractivity contribution in [2.24, 2.45) is 0 Å². The minimum atomic E-state index is -0.622. The maximum absolute atomic E-state index is 12.4. The molecule has 2 aromatic carbocycles. The van der Waals surface area contributed by atoms with Crippen LogP contribution in [-0.4, -0.2) is 49.8 Å². The highest BCUT2D eigenvalue weighted by Crippen LogP contribution is 2.30. The molecule has 1 N–H and O–H groups in total. The molecule has 0 spiro atoms. The van der Waals surface area contributed by atoms with Gasteiger partial charge in [0.15, 0.2) is 11.5 Å². The van der Waals surface area contributed by atoms with Crippen LogP contribution in [0.1, 0.15) is 44.1 Å². The topological polar surface area (TPSA) is 60.0 Å². The molecule has 0 radical (unpaired) electrons. The maximum Gasteiger partial charge on any atom is 0.264 e. The zero-order valence-corrected chi connectivity index (χ0v) is 18.9. The van der Waals surface area contributed by atoms with Crippen molar-refractivity contribution in [2.75, 3.05) is 26.8 Å². The Morgan fingerprint density at radius 2 is 1.91 bits per heavy atom. The van der Waals surface area contributed by atoms with Gasteiger partial charge in [0.05, 0.1) is 6.61 Å². The highest BCUT2D eigenvalue weighted by Gasteiger charge is 2.26. The predicted octanol–water partition coefficient (Wildman–Crippen LogP) is 4.18. The number of nitrogens with zero attached hydrogens (tertiary/aromatic N) is 1. The van der Waals surface area contributed by atoms with Crippen molar-refractivity contribution >= 4 is 5.91 Å². The Bertz CT molecular complexity index is 882. The van der Waals surface area contributed by atoms with Crippen LogP contribution >= 0.6 is 0 Å². The van der Waals surface area contributed by atoms with Crippen LogP contribution in [0.3, 0.4) is 0 Å². The van der Waals surface area contributed by atoms with Crippen molar-refractivity contribution < 1.29 is 19.0 Å². The number of para-hydroxylation sites is 2. The number of amides is 1. The van der Waals surface area contributed by atoms with Crippen LogP contribution in [-0.2, 0) is 11.3 Å². The molecule has 0 aromatic heterocycles. The summed E-state index contributed by atoms with van der Waals surface area (Å²) in [5.74, 6) is 2.01. The normalized spacial score (nSPS) is 18.4. The van der Waals surface area contributed by atoms with Gasteiger partial charge in [0, 0.05) is 19.1 Å². The molecule has 1 amide bonds. The standard InChI is InChI=1S/C26H34N2O4/c1-28(21-10-3-2-4-11-21)18-20-9-7-12-22(17-20)30-16-8-15-27-26(29)25-19-31-23-13-5-6-14-24(23)32-25/h5-7,9,12-14,17,21,25H,2-4,8,10-11,15-16,18-19H2,1H3,(H,27,29)/t25-/m1/s1. The summed E-state index contributed by atoms with van der Waals surface area (Å²) >= 11 is 0. The number of hydrogen-bond acceptors (Lipinski definition) is 5. The van der Waals surface area contributed by atoms with Gasteiger partial charge in [-0.1, -0.05) is 43.5 Å². The van der Waals surface area contributed by atoms with Gasteiger partial charge in [-0.2, -0.15) is 0 Å². The molecular weight excluding hydrogens is 404 g/mol. The molecule has 0 saturated heterocycles. The summed E-state index contributed by atoms with van der Waals surface area (Å²) in [4.78, 5) is 14.8. The summed E-state index contributed by atoms with van der Waals surface area (Å²) in [6.45, 7) is 2.25. The Kier molecular flexibility index (Phi) is 7.88. The van der Waals surface area contributed by atoms with E-state index in [0.29, 0.717) is 30.7 Å². The second kappa shape index (κ2) is 11.2. The fraction of sp³-hybridized carbons (Fsp3) is 0.500. The molecule has 4 rings (SSSR count). The van der Waals surface area contributed by atoms with Crippen molar-refractivity contribution in [3.05, 3.63) is 54.1 Å². The predicted molar refractivity (Wildman–Crippen MR) is 124 cm³/mol. The van der Waals surface area contributed by atoms with Crippen molar-refractivity contribution in [1.82, 2.24) is 10.2 Å². The number of carbonyl (C=O) groups excluding carboxylic acids is 1. The van der Waals surface area contributed by atoms with Gasteiger partial charge in [0.2, 0.25) is 6.10 Å². The first kappa shape index (κ1) is 22.5. The minimum Gasteiger partial charge on any atom is -0.494 e.